The van der Waals surface area contributed by atoms with Crippen molar-refractivity contribution in [1.29, 1.82) is 0 Å². The van der Waals surface area contributed by atoms with Crippen LogP contribution in [0.15, 0.2) is 48.5 Å². The first-order valence-electron chi connectivity index (χ1n) is 11.5. The fourth-order valence-electron chi connectivity index (χ4n) is 4.32. The SMILES string of the molecule is CC[C@@H](C(=O)NCc1cccc(CN2CCCCC2)c1)N(c1cccc([N+](=O)[O-])c1)S(C)(=O)=O. The van der Waals surface area contributed by atoms with Crippen LogP contribution in [0.4, 0.5) is 11.4 Å². The monoisotopic (exact) mass is 488 g/mol. The molecule has 2 aromatic carbocycles. The van der Waals surface area contributed by atoms with Gasteiger partial charge in [0.2, 0.25) is 15.9 Å². The highest BCUT2D eigenvalue weighted by atomic mass is 32.2. The van der Waals surface area contributed by atoms with Crippen molar-refractivity contribution in [1.82, 2.24) is 10.2 Å². The van der Waals surface area contributed by atoms with Gasteiger partial charge in [0.05, 0.1) is 16.9 Å². The molecule has 1 aliphatic rings. The van der Waals surface area contributed by atoms with Crippen molar-refractivity contribution in [3.63, 3.8) is 0 Å². The third-order valence-electron chi connectivity index (χ3n) is 5.94. The molecule has 0 saturated carbocycles. The number of non-ortho nitro benzene ring substituents is 1. The third kappa shape index (κ3) is 6.77. The fraction of sp³-hybridized carbons (Fsp3) is 0.458. The number of carbonyl (C=O) groups excluding carboxylic acids is 1. The van der Waals surface area contributed by atoms with Crippen molar-refractivity contribution in [3.8, 4) is 0 Å². The molecular formula is C24H32N4O5S. The van der Waals surface area contributed by atoms with Crippen molar-refractivity contribution in [2.75, 3.05) is 23.7 Å². The number of nitrogens with zero attached hydrogens (tertiary/aromatic N) is 3. The molecule has 0 aliphatic carbocycles. The van der Waals surface area contributed by atoms with E-state index in [9.17, 15) is 23.3 Å². The number of benzene rings is 2. The summed E-state index contributed by atoms with van der Waals surface area (Å²) >= 11 is 0. The fourth-order valence-corrected chi connectivity index (χ4v) is 5.53. The molecule has 9 nitrogen and oxygen atoms in total. The molecule has 10 heteroatoms. The Morgan fingerprint density at radius 3 is 2.44 bits per heavy atom. The van der Waals surface area contributed by atoms with Gasteiger partial charge in [0.25, 0.3) is 5.69 Å². The van der Waals surface area contributed by atoms with Gasteiger partial charge in [0, 0.05) is 25.2 Å². The summed E-state index contributed by atoms with van der Waals surface area (Å²) in [6, 6.07) is 12.3. The number of piperidine rings is 1. The minimum absolute atomic E-state index is 0.0854. The Labute approximate surface area is 201 Å². The summed E-state index contributed by atoms with van der Waals surface area (Å²) in [5.41, 5.74) is 1.95. The Bertz CT molecular complexity index is 1120. The van der Waals surface area contributed by atoms with E-state index < -0.39 is 26.9 Å². The normalized spacial score (nSPS) is 15.5. The summed E-state index contributed by atoms with van der Waals surface area (Å²) in [6.45, 7) is 5.03. The van der Waals surface area contributed by atoms with E-state index in [1.807, 2.05) is 12.1 Å². The predicted molar refractivity (Wildman–Crippen MR) is 132 cm³/mol. The van der Waals surface area contributed by atoms with Gasteiger partial charge >= 0.3 is 0 Å². The smallest absolute Gasteiger partial charge is 0.271 e. The second-order valence-electron chi connectivity index (χ2n) is 8.63. The van der Waals surface area contributed by atoms with Gasteiger partial charge in [-0.3, -0.25) is 24.1 Å². The molecule has 2 aromatic rings. The van der Waals surface area contributed by atoms with E-state index >= 15 is 0 Å². The molecule has 1 saturated heterocycles. The molecule has 0 radical (unpaired) electrons. The van der Waals surface area contributed by atoms with Crippen LogP contribution in [-0.4, -0.2) is 49.5 Å². The lowest BCUT2D eigenvalue weighted by Crippen LogP contribution is -2.49. The Morgan fingerprint density at radius 1 is 1.12 bits per heavy atom. The lowest BCUT2D eigenvalue weighted by Gasteiger charge is -2.30. The highest BCUT2D eigenvalue weighted by Crippen LogP contribution is 2.26. The first-order chi connectivity index (χ1) is 16.2. The zero-order valence-electron chi connectivity index (χ0n) is 19.6. The standard InChI is InChI=1S/C24H32N4O5S/c1-3-23(27(34(2,32)33)21-11-8-12-22(16-21)28(30)31)24(29)25-17-19-9-7-10-20(15-19)18-26-13-5-4-6-14-26/h7-12,15-16,23H,3-6,13-14,17-18H2,1-2H3,(H,25,29)/t23-/m0/s1. The van der Waals surface area contributed by atoms with Gasteiger partial charge < -0.3 is 5.32 Å². The van der Waals surface area contributed by atoms with Crippen molar-refractivity contribution >= 4 is 27.3 Å². The molecule has 0 bridgehead atoms. The molecule has 3 rings (SSSR count). The Kier molecular flexibility index (Phi) is 8.62. The van der Waals surface area contributed by atoms with Gasteiger partial charge in [-0.05, 0) is 49.5 Å². The summed E-state index contributed by atoms with van der Waals surface area (Å²) in [4.78, 5) is 26.1. The van der Waals surface area contributed by atoms with Gasteiger partial charge in [0.15, 0.2) is 0 Å². The number of carbonyl (C=O) groups is 1. The number of nitrogens with one attached hydrogen (secondary N) is 1. The second kappa shape index (κ2) is 11.4. The molecule has 1 heterocycles. The Hall–Kier alpha value is -2.98. The molecule has 1 atom stereocenters. The molecule has 0 unspecified atom stereocenters. The van der Waals surface area contributed by atoms with E-state index in [1.54, 1.807) is 6.92 Å². The summed E-state index contributed by atoms with van der Waals surface area (Å²) in [7, 11) is -3.88. The first kappa shape index (κ1) is 25.6. The van der Waals surface area contributed by atoms with Crippen LogP contribution in [0, 0.1) is 10.1 Å². The maximum Gasteiger partial charge on any atom is 0.271 e. The number of nitro benzene ring substituents is 1. The topological polar surface area (TPSA) is 113 Å². The molecule has 1 amide bonds. The zero-order chi connectivity index (χ0) is 24.7. The Balaban J connectivity index is 1.73. The number of anilines is 1. The van der Waals surface area contributed by atoms with E-state index in [2.05, 4.69) is 22.3 Å². The Morgan fingerprint density at radius 2 is 1.79 bits per heavy atom. The number of sulfonamides is 1. The summed E-state index contributed by atoms with van der Waals surface area (Å²) in [5, 5.41) is 14.0. The van der Waals surface area contributed by atoms with Crippen LogP contribution in [0.1, 0.15) is 43.7 Å². The quantitative estimate of drug-likeness (QED) is 0.405. The van der Waals surface area contributed by atoms with Crippen LogP contribution < -0.4 is 9.62 Å². The van der Waals surface area contributed by atoms with Crippen molar-refractivity contribution in [3.05, 3.63) is 69.8 Å². The van der Waals surface area contributed by atoms with Crippen molar-refractivity contribution < 1.29 is 18.1 Å². The average Bonchev–Trinajstić information content (AvgIpc) is 2.81. The van der Waals surface area contributed by atoms with E-state index in [-0.39, 0.29) is 24.3 Å². The molecule has 1 N–H and O–H groups in total. The lowest BCUT2D eigenvalue weighted by molar-refractivity contribution is -0.384. The molecule has 0 spiro atoms. The summed E-state index contributed by atoms with van der Waals surface area (Å²) in [5.74, 6) is -0.458. The zero-order valence-corrected chi connectivity index (χ0v) is 20.5. The maximum atomic E-state index is 13.1. The largest absolute Gasteiger partial charge is 0.350 e. The molecule has 1 aliphatic heterocycles. The minimum Gasteiger partial charge on any atom is -0.350 e. The molecule has 1 fully saturated rings. The minimum atomic E-state index is -3.88. The number of hydrogen-bond acceptors (Lipinski definition) is 6. The van der Waals surface area contributed by atoms with Crippen molar-refractivity contribution in [2.45, 2.75) is 51.7 Å². The second-order valence-corrected chi connectivity index (χ2v) is 10.5. The summed E-state index contributed by atoms with van der Waals surface area (Å²) in [6.07, 6.45) is 4.91. The molecule has 0 aromatic heterocycles. The van der Waals surface area contributed by atoms with Crippen LogP contribution >= 0.6 is 0 Å². The molecular weight excluding hydrogens is 456 g/mol. The third-order valence-corrected chi connectivity index (χ3v) is 7.12. The summed E-state index contributed by atoms with van der Waals surface area (Å²) < 4.78 is 26.2. The van der Waals surface area contributed by atoms with Crippen LogP contribution in [0.5, 0.6) is 0 Å². The number of nitro groups is 1. The number of hydrogen-bond donors (Lipinski definition) is 1. The number of likely N-dealkylation sites (tertiary alicyclic amines) is 1. The molecule has 34 heavy (non-hydrogen) atoms. The predicted octanol–water partition coefficient (Wildman–Crippen LogP) is 3.44. The van der Waals surface area contributed by atoms with Crippen LogP contribution in [-0.2, 0) is 27.9 Å². The van der Waals surface area contributed by atoms with Crippen LogP contribution in [0.25, 0.3) is 0 Å². The average molecular weight is 489 g/mol. The lowest BCUT2D eigenvalue weighted by atomic mass is 10.1. The highest BCUT2D eigenvalue weighted by Gasteiger charge is 2.32. The van der Waals surface area contributed by atoms with E-state index in [0.717, 1.165) is 35.8 Å². The van der Waals surface area contributed by atoms with E-state index in [4.69, 9.17) is 0 Å². The number of amides is 1. The van der Waals surface area contributed by atoms with Gasteiger partial charge in [-0.25, -0.2) is 8.42 Å². The van der Waals surface area contributed by atoms with E-state index in [1.165, 1.54) is 49.1 Å². The highest BCUT2D eigenvalue weighted by molar-refractivity contribution is 7.92. The van der Waals surface area contributed by atoms with Gasteiger partial charge in [-0.1, -0.05) is 43.7 Å². The van der Waals surface area contributed by atoms with E-state index in [0.29, 0.717) is 0 Å². The van der Waals surface area contributed by atoms with Crippen LogP contribution in [0.3, 0.4) is 0 Å². The van der Waals surface area contributed by atoms with Gasteiger partial charge in [0.1, 0.15) is 6.04 Å². The van der Waals surface area contributed by atoms with Crippen molar-refractivity contribution in [2.24, 2.45) is 0 Å². The first-order valence-corrected chi connectivity index (χ1v) is 13.4. The van der Waals surface area contributed by atoms with Crippen LogP contribution in [0.2, 0.25) is 0 Å². The number of rotatable bonds is 10. The molecule has 184 valence electrons. The van der Waals surface area contributed by atoms with Gasteiger partial charge in [-0.2, -0.15) is 0 Å². The maximum absolute atomic E-state index is 13.1. The van der Waals surface area contributed by atoms with Gasteiger partial charge in [-0.15, -0.1) is 0 Å².